The Kier molecular flexibility index (Phi) is 2.52. The zero-order chi connectivity index (χ0) is 13.4. The number of fused-ring (bicyclic) bond motifs is 1. The van der Waals surface area contributed by atoms with Crippen LogP contribution in [0, 0.1) is 5.82 Å². The lowest BCUT2D eigenvalue weighted by molar-refractivity contribution is 0.0696. The van der Waals surface area contributed by atoms with E-state index in [1.807, 2.05) is 0 Å². The zero-order valence-corrected chi connectivity index (χ0v) is 9.63. The highest BCUT2D eigenvalue weighted by molar-refractivity contribution is 5.89. The van der Waals surface area contributed by atoms with Crippen LogP contribution in [-0.4, -0.2) is 16.1 Å². The van der Waals surface area contributed by atoms with E-state index in [9.17, 15) is 9.18 Å². The van der Waals surface area contributed by atoms with E-state index in [0.29, 0.717) is 22.3 Å². The minimum absolute atomic E-state index is 0.0733. The lowest BCUT2D eigenvalue weighted by atomic mass is 10.1. The lowest BCUT2D eigenvalue weighted by Crippen LogP contribution is -1.96. The summed E-state index contributed by atoms with van der Waals surface area (Å²) in [7, 11) is 0. The van der Waals surface area contributed by atoms with Crippen molar-refractivity contribution in [2.75, 3.05) is 0 Å². The van der Waals surface area contributed by atoms with Gasteiger partial charge in [0.15, 0.2) is 0 Å². The van der Waals surface area contributed by atoms with Crippen molar-refractivity contribution >= 4 is 16.9 Å². The fourth-order valence-corrected chi connectivity index (χ4v) is 1.85. The number of hydrogen-bond acceptors (Lipinski definition) is 3. The molecule has 0 aliphatic carbocycles. The van der Waals surface area contributed by atoms with Gasteiger partial charge < -0.3 is 9.52 Å². The van der Waals surface area contributed by atoms with Gasteiger partial charge in [0.1, 0.15) is 17.2 Å². The molecule has 0 bridgehead atoms. The molecule has 0 aliphatic rings. The van der Waals surface area contributed by atoms with E-state index < -0.39 is 5.97 Å². The second-order valence-electron chi connectivity index (χ2n) is 4.06. The van der Waals surface area contributed by atoms with Crippen molar-refractivity contribution in [1.29, 1.82) is 0 Å². The number of furan rings is 1. The van der Waals surface area contributed by atoms with Gasteiger partial charge in [-0.1, -0.05) is 0 Å². The molecule has 0 saturated carbocycles. The Labute approximate surface area is 107 Å². The number of carboxylic acids is 1. The summed E-state index contributed by atoms with van der Waals surface area (Å²) in [5.74, 6) is -0.954. The molecule has 4 nitrogen and oxygen atoms in total. The normalized spacial score (nSPS) is 10.8. The van der Waals surface area contributed by atoms with E-state index in [2.05, 4.69) is 4.98 Å². The van der Waals surface area contributed by atoms with Crippen LogP contribution in [0.15, 0.2) is 47.1 Å². The van der Waals surface area contributed by atoms with Crippen molar-refractivity contribution in [3.8, 4) is 11.3 Å². The molecule has 3 aromatic rings. The number of rotatable bonds is 2. The first-order valence-electron chi connectivity index (χ1n) is 5.51. The maximum absolute atomic E-state index is 13.1. The maximum atomic E-state index is 13.1. The molecule has 19 heavy (non-hydrogen) atoms. The summed E-state index contributed by atoms with van der Waals surface area (Å²) in [6.45, 7) is 0. The van der Waals surface area contributed by atoms with E-state index in [1.54, 1.807) is 6.07 Å². The summed E-state index contributed by atoms with van der Waals surface area (Å²) in [6, 6.07) is 7.31. The van der Waals surface area contributed by atoms with Crippen molar-refractivity contribution in [3.05, 3.63) is 54.1 Å². The number of nitrogens with zero attached hydrogens (tertiary/aromatic N) is 1. The molecular formula is C14H8FNO3. The first-order chi connectivity index (χ1) is 9.13. The fourth-order valence-electron chi connectivity index (χ4n) is 1.85. The van der Waals surface area contributed by atoms with Gasteiger partial charge in [-0.15, -0.1) is 0 Å². The SMILES string of the molecule is O=C(O)c1cncc(-c2cc3cc(F)ccc3o2)c1. The van der Waals surface area contributed by atoms with Crippen LogP contribution in [0.5, 0.6) is 0 Å². The van der Waals surface area contributed by atoms with Gasteiger partial charge >= 0.3 is 5.97 Å². The van der Waals surface area contributed by atoms with Gasteiger partial charge in [-0.3, -0.25) is 4.98 Å². The summed E-state index contributed by atoms with van der Waals surface area (Å²) >= 11 is 0. The predicted octanol–water partition coefficient (Wildman–Crippen LogP) is 3.33. The highest BCUT2D eigenvalue weighted by atomic mass is 19.1. The number of carbonyl (C=O) groups is 1. The Morgan fingerprint density at radius 1 is 1.21 bits per heavy atom. The highest BCUT2D eigenvalue weighted by Crippen LogP contribution is 2.28. The zero-order valence-electron chi connectivity index (χ0n) is 9.63. The minimum Gasteiger partial charge on any atom is -0.478 e. The average Bonchev–Trinajstić information content (AvgIpc) is 2.81. The quantitative estimate of drug-likeness (QED) is 0.764. The number of halogens is 1. The molecule has 94 valence electrons. The standard InChI is InChI=1S/C14H8FNO3/c15-11-1-2-12-8(4-11)5-13(19-12)9-3-10(14(17)18)7-16-6-9/h1-7H,(H,17,18). The molecular weight excluding hydrogens is 249 g/mol. The Morgan fingerprint density at radius 2 is 2.05 bits per heavy atom. The van der Waals surface area contributed by atoms with Gasteiger partial charge in [0.25, 0.3) is 0 Å². The monoisotopic (exact) mass is 257 g/mol. The number of benzene rings is 1. The third kappa shape index (κ3) is 2.06. The van der Waals surface area contributed by atoms with Crippen molar-refractivity contribution in [2.24, 2.45) is 0 Å². The van der Waals surface area contributed by atoms with E-state index in [0.717, 1.165) is 0 Å². The van der Waals surface area contributed by atoms with Crippen molar-refractivity contribution in [3.63, 3.8) is 0 Å². The van der Waals surface area contributed by atoms with Gasteiger partial charge in [-0.05, 0) is 30.3 Å². The third-order valence-corrected chi connectivity index (χ3v) is 2.75. The molecule has 0 fully saturated rings. The van der Waals surface area contributed by atoms with Gasteiger partial charge in [0.2, 0.25) is 0 Å². The Bertz CT molecular complexity index is 779. The fraction of sp³-hybridized carbons (Fsp3) is 0. The highest BCUT2D eigenvalue weighted by Gasteiger charge is 2.10. The van der Waals surface area contributed by atoms with Crippen LogP contribution < -0.4 is 0 Å². The Morgan fingerprint density at radius 3 is 2.84 bits per heavy atom. The molecule has 2 aromatic heterocycles. The van der Waals surface area contributed by atoms with Crippen molar-refractivity contribution in [1.82, 2.24) is 4.98 Å². The van der Waals surface area contributed by atoms with E-state index in [1.165, 1.54) is 36.7 Å². The van der Waals surface area contributed by atoms with E-state index >= 15 is 0 Å². The van der Waals surface area contributed by atoms with Gasteiger partial charge in [-0.25, -0.2) is 9.18 Å². The summed E-state index contributed by atoms with van der Waals surface area (Å²) in [5.41, 5.74) is 1.15. The molecule has 0 saturated heterocycles. The molecule has 0 aliphatic heterocycles. The number of aromatic carboxylic acids is 1. The van der Waals surface area contributed by atoms with Crippen LogP contribution in [0.25, 0.3) is 22.3 Å². The first-order valence-corrected chi connectivity index (χ1v) is 5.51. The molecule has 0 radical (unpaired) electrons. The third-order valence-electron chi connectivity index (χ3n) is 2.75. The molecule has 1 aromatic carbocycles. The van der Waals surface area contributed by atoms with Gasteiger partial charge in [-0.2, -0.15) is 0 Å². The van der Waals surface area contributed by atoms with Crippen LogP contribution in [-0.2, 0) is 0 Å². The van der Waals surface area contributed by atoms with Crippen LogP contribution in [0.2, 0.25) is 0 Å². The number of carboxylic acid groups (broad SMARTS) is 1. The second-order valence-corrected chi connectivity index (χ2v) is 4.06. The number of pyridine rings is 1. The smallest absolute Gasteiger partial charge is 0.337 e. The van der Waals surface area contributed by atoms with Gasteiger partial charge in [0, 0.05) is 23.3 Å². The van der Waals surface area contributed by atoms with Gasteiger partial charge in [0.05, 0.1) is 5.56 Å². The van der Waals surface area contributed by atoms with Crippen LogP contribution >= 0.6 is 0 Å². The summed E-state index contributed by atoms with van der Waals surface area (Å²) in [6.07, 6.45) is 2.76. The molecule has 0 atom stereocenters. The summed E-state index contributed by atoms with van der Waals surface area (Å²) in [4.78, 5) is 14.7. The Balaban J connectivity index is 2.13. The lowest BCUT2D eigenvalue weighted by Gasteiger charge is -1.97. The van der Waals surface area contributed by atoms with Crippen LogP contribution in [0.3, 0.4) is 0 Å². The average molecular weight is 257 g/mol. The largest absolute Gasteiger partial charge is 0.478 e. The molecule has 1 N–H and O–H groups in total. The Hall–Kier alpha value is -2.69. The summed E-state index contributed by atoms with van der Waals surface area (Å²) in [5, 5.41) is 9.53. The van der Waals surface area contributed by atoms with Crippen molar-refractivity contribution < 1.29 is 18.7 Å². The summed E-state index contributed by atoms with van der Waals surface area (Å²) < 4.78 is 18.6. The predicted molar refractivity (Wildman–Crippen MR) is 66.4 cm³/mol. The molecule has 3 rings (SSSR count). The first kappa shape index (κ1) is 11.4. The molecule has 0 spiro atoms. The minimum atomic E-state index is -1.06. The number of aromatic nitrogens is 1. The topological polar surface area (TPSA) is 63.3 Å². The van der Waals surface area contributed by atoms with Crippen LogP contribution in [0.4, 0.5) is 4.39 Å². The second kappa shape index (κ2) is 4.20. The maximum Gasteiger partial charge on any atom is 0.337 e. The molecule has 2 heterocycles. The van der Waals surface area contributed by atoms with Crippen molar-refractivity contribution in [2.45, 2.75) is 0 Å². The van der Waals surface area contributed by atoms with E-state index in [4.69, 9.17) is 9.52 Å². The van der Waals surface area contributed by atoms with E-state index in [-0.39, 0.29) is 11.4 Å². The molecule has 0 amide bonds. The van der Waals surface area contributed by atoms with Crippen LogP contribution in [0.1, 0.15) is 10.4 Å². The molecule has 0 unspecified atom stereocenters. The molecule has 5 heteroatoms. The number of hydrogen-bond donors (Lipinski definition) is 1.